The number of esters is 2. The van der Waals surface area contributed by atoms with Gasteiger partial charge in [0.2, 0.25) is 5.91 Å². The van der Waals surface area contributed by atoms with Crippen LogP contribution in [0.2, 0.25) is 0 Å². The van der Waals surface area contributed by atoms with E-state index in [0.29, 0.717) is 29.6 Å². The largest absolute Gasteiger partial charge is 0.756 e. The highest BCUT2D eigenvalue weighted by atomic mass is 31.2. The molecule has 13 nitrogen and oxygen atoms in total. The average Bonchev–Trinajstić information content (AvgIpc) is 3.74. The van der Waals surface area contributed by atoms with Crippen molar-refractivity contribution < 1.29 is 46.8 Å². The van der Waals surface area contributed by atoms with E-state index in [1.165, 1.54) is 135 Å². The minimum atomic E-state index is -4.77. The Labute approximate surface area is 377 Å². The van der Waals surface area contributed by atoms with E-state index in [2.05, 4.69) is 29.1 Å². The third-order valence-electron chi connectivity index (χ3n) is 11.2. The highest BCUT2D eigenvalue weighted by Crippen LogP contribution is 2.38. The number of phosphoric acid groups is 1. The standard InChI is InChI=1S/C48H91N4O9P/c1-6-8-10-12-14-16-18-20-22-24-26-28-30-32-34-46(53)51-45(38-43-39-49-42-50-43)48(55)61-44(41-60-62(56,57)59-37-36-52(3,4)5)40-58-47(54)35-33-31-29-27-25-23-21-19-17-15-13-11-9-7-2/h39,42,44-45H,6-38,40-41H2,1-5H3,(H2-,49,50,51,53,56,57)/t44-,45?/m1/s1. The van der Waals surface area contributed by atoms with Crippen molar-refractivity contribution in [2.24, 2.45) is 0 Å². The number of aromatic amines is 1. The minimum absolute atomic E-state index is 0.0734. The zero-order valence-corrected chi connectivity index (χ0v) is 41.0. The fourth-order valence-corrected chi connectivity index (χ4v) is 8.01. The number of unbranched alkanes of at least 4 members (excludes halogenated alkanes) is 26. The first-order chi connectivity index (χ1) is 29.8. The summed E-state index contributed by atoms with van der Waals surface area (Å²) in [4.78, 5) is 59.1. The van der Waals surface area contributed by atoms with E-state index in [1.54, 1.807) is 6.20 Å². The summed E-state index contributed by atoms with van der Waals surface area (Å²) in [6.07, 6.45) is 36.1. The van der Waals surface area contributed by atoms with E-state index >= 15 is 0 Å². The Morgan fingerprint density at radius 2 is 1.13 bits per heavy atom. The Bertz CT molecular complexity index is 1280. The maximum atomic E-state index is 13.6. The molecule has 1 amide bonds. The normalized spacial score (nSPS) is 13.7. The third-order valence-corrected chi connectivity index (χ3v) is 12.2. The Morgan fingerprint density at radius 3 is 1.56 bits per heavy atom. The number of carbonyl (C=O) groups excluding carboxylic acids is 3. The van der Waals surface area contributed by atoms with E-state index < -0.39 is 45.1 Å². The Balaban J connectivity index is 2.61. The summed E-state index contributed by atoms with van der Waals surface area (Å²) in [6, 6.07) is -1.09. The van der Waals surface area contributed by atoms with Crippen LogP contribution in [-0.4, -0.2) is 92.0 Å². The average molecular weight is 899 g/mol. The number of carbonyl (C=O) groups is 3. The molecule has 1 aromatic rings. The molecule has 1 aromatic heterocycles. The zero-order valence-electron chi connectivity index (χ0n) is 40.1. The van der Waals surface area contributed by atoms with Gasteiger partial charge < -0.3 is 38.2 Å². The number of H-pyrrole nitrogens is 1. The summed E-state index contributed by atoms with van der Waals surface area (Å²) in [7, 11) is 0.940. The molecule has 0 fully saturated rings. The number of nitrogens with zero attached hydrogens (tertiary/aromatic N) is 2. The molecule has 1 heterocycles. The molecular formula is C48H91N4O9P. The van der Waals surface area contributed by atoms with Gasteiger partial charge in [-0.2, -0.15) is 0 Å². The van der Waals surface area contributed by atoms with Gasteiger partial charge in [-0.15, -0.1) is 0 Å². The van der Waals surface area contributed by atoms with Crippen LogP contribution in [0.4, 0.5) is 0 Å². The first kappa shape index (κ1) is 57.7. The maximum Gasteiger partial charge on any atom is 0.329 e. The number of nitrogens with one attached hydrogen (secondary N) is 2. The number of ether oxygens (including phenoxy) is 2. The van der Waals surface area contributed by atoms with Crippen LogP contribution in [0.5, 0.6) is 0 Å². The quantitative estimate of drug-likeness (QED) is 0.0278. The molecule has 362 valence electrons. The first-order valence-corrected chi connectivity index (χ1v) is 26.3. The van der Waals surface area contributed by atoms with Crippen LogP contribution < -0.4 is 10.2 Å². The molecule has 0 radical (unpaired) electrons. The molecule has 0 aromatic carbocycles. The summed E-state index contributed by atoms with van der Waals surface area (Å²) < 4.78 is 34.5. The van der Waals surface area contributed by atoms with Crippen molar-refractivity contribution >= 4 is 25.7 Å². The summed E-state index contributed by atoms with van der Waals surface area (Å²) in [5.41, 5.74) is 0.603. The lowest BCUT2D eigenvalue weighted by atomic mass is 10.0. The molecule has 14 heteroatoms. The molecule has 0 saturated heterocycles. The molecule has 2 N–H and O–H groups in total. The van der Waals surface area contributed by atoms with Gasteiger partial charge in [-0.25, -0.2) is 9.78 Å². The Kier molecular flexibility index (Phi) is 35.4. The van der Waals surface area contributed by atoms with Crippen LogP contribution in [0, 0.1) is 0 Å². The van der Waals surface area contributed by atoms with Gasteiger partial charge in [0.1, 0.15) is 25.8 Å². The molecule has 0 aliphatic rings. The molecule has 1 rings (SSSR count). The van der Waals surface area contributed by atoms with Gasteiger partial charge in [-0.05, 0) is 12.8 Å². The second-order valence-corrected chi connectivity index (χ2v) is 19.8. The number of quaternary nitrogens is 1. The molecule has 0 aliphatic carbocycles. The van der Waals surface area contributed by atoms with Gasteiger partial charge in [-0.1, -0.05) is 181 Å². The topological polar surface area (TPSA) is 169 Å². The van der Waals surface area contributed by atoms with Crippen LogP contribution >= 0.6 is 7.82 Å². The summed E-state index contributed by atoms with van der Waals surface area (Å²) in [6.45, 7) is 3.79. The third kappa shape index (κ3) is 36.1. The summed E-state index contributed by atoms with van der Waals surface area (Å²) >= 11 is 0. The molecule has 2 unspecified atom stereocenters. The molecular weight excluding hydrogens is 808 g/mol. The number of likely N-dealkylation sites (N-methyl/N-ethyl adjacent to an activating group) is 1. The number of hydrogen-bond donors (Lipinski definition) is 2. The van der Waals surface area contributed by atoms with Crippen LogP contribution in [-0.2, 0) is 43.9 Å². The van der Waals surface area contributed by atoms with Crippen molar-refractivity contribution in [2.75, 3.05) is 47.5 Å². The van der Waals surface area contributed by atoms with Gasteiger partial charge in [0.05, 0.1) is 34.1 Å². The molecule has 0 bridgehead atoms. The zero-order chi connectivity index (χ0) is 45.6. The van der Waals surface area contributed by atoms with Crippen molar-refractivity contribution in [1.29, 1.82) is 0 Å². The SMILES string of the molecule is CCCCCCCCCCCCCCCCC(=O)NC(Cc1cnc[nH]1)C(=O)O[C@H](COC(=O)CCCCCCCCCCCCCCCC)COP(=O)([O-])OCC[N+](C)(C)C. The molecule has 0 spiro atoms. The smallest absolute Gasteiger partial charge is 0.329 e. The number of phosphoric ester groups is 1. The fourth-order valence-electron chi connectivity index (χ4n) is 7.28. The number of rotatable bonds is 44. The van der Waals surface area contributed by atoms with Gasteiger partial charge in [0.15, 0.2) is 6.10 Å². The molecule has 3 atom stereocenters. The highest BCUT2D eigenvalue weighted by molar-refractivity contribution is 7.45. The monoisotopic (exact) mass is 899 g/mol. The van der Waals surface area contributed by atoms with Crippen molar-refractivity contribution in [3.05, 3.63) is 18.2 Å². The maximum absolute atomic E-state index is 13.6. The minimum Gasteiger partial charge on any atom is -0.756 e. The van der Waals surface area contributed by atoms with E-state index in [1.807, 2.05) is 21.1 Å². The van der Waals surface area contributed by atoms with Crippen molar-refractivity contribution in [3.8, 4) is 0 Å². The lowest BCUT2D eigenvalue weighted by Crippen LogP contribution is -2.45. The number of amides is 1. The van der Waals surface area contributed by atoms with Gasteiger partial charge in [0, 0.05) is 31.2 Å². The Morgan fingerprint density at radius 1 is 0.677 bits per heavy atom. The second-order valence-electron chi connectivity index (χ2n) is 18.4. The van der Waals surface area contributed by atoms with Crippen LogP contribution in [0.3, 0.4) is 0 Å². The molecule has 0 aliphatic heterocycles. The van der Waals surface area contributed by atoms with Gasteiger partial charge in [-0.3, -0.25) is 14.2 Å². The van der Waals surface area contributed by atoms with E-state index in [9.17, 15) is 23.8 Å². The highest BCUT2D eigenvalue weighted by Gasteiger charge is 2.28. The second kappa shape index (κ2) is 38.0. The van der Waals surface area contributed by atoms with Crippen molar-refractivity contribution in [2.45, 2.75) is 225 Å². The van der Waals surface area contributed by atoms with Crippen LogP contribution in [0.1, 0.15) is 212 Å². The van der Waals surface area contributed by atoms with E-state index in [4.69, 9.17) is 18.5 Å². The number of hydrogen-bond acceptors (Lipinski definition) is 10. The summed E-state index contributed by atoms with van der Waals surface area (Å²) in [5, 5.41) is 2.80. The number of aromatic nitrogens is 2. The molecule has 62 heavy (non-hydrogen) atoms. The van der Waals surface area contributed by atoms with Crippen molar-refractivity contribution in [1.82, 2.24) is 15.3 Å². The predicted octanol–water partition coefficient (Wildman–Crippen LogP) is 10.8. The number of imidazole rings is 1. The Hall–Kier alpha value is -2.31. The molecule has 0 saturated carbocycles. The van der Waals surface area contributed by atoms with Crippen LogP contribution in [0.15, 0.2) is 12.5 Å². The van der Waals surface area contributed by atoms with Crippen LogP contribution in [0.25, 0.3) is 0 Å². The van der Waals surface area contributed by atoms with Gasteiger partial charge >= 0.3 is 11.9 Å². The lowest BCUT2D eigenvalue weighted by molar-refractivity contribution is -0.870. The van der Waals surface area contributed by atoms with E-state index in [-0.39, 0.29) is 31.8 Å². The van der Waals surface area contributed by atoms with Crippen molar-refractivity contribution in [3.63, 3.8) is 0 Å². The lowest BCUT2D eigenvalue weighted by Gasteiger charge is -2.28. The van der Waals surface area contributed by atoms with Gasteiger partial charge in [0.25, 0.3) is 7.82 Å². The predicted molar refractivity (Wildman–Crippen MR) is 247 cm³/mol. The summed E-state index contributed by atoms with van der Waals surface area (Å²) in [5.74, 6) is -1.56. The fraction of sp³-hybridized carbons (Fsp3) is 0.875. The first-order valence-electron chi connectivity index (χ1n) is 24.9. The van der Waals surface area contributed by atoms with E-state index in [0.717, 1.165) is 38.5 Å².